The van der Waals surface area contributed by atoms with Crippen molar-refractivity contribution in [2.45, 2.75) is 45.7 Å². The largest absolute Gasteiger partial charge is 0.508 e. The first kappa shape index (κ1) is 16.4. The van der Waals surface area contributed by atoms with Crippen molar-refractivity contribution in [1.29, 1.82) is 0 Å². The zero-order valence-corrected chi connectivity index (χ0v) is 12.1. The van der Waals surface area contributed by atoms with Crippen LogP contribution in [-0.4, -0.2) is 33.7 Å². The normalized spacial score (nSPS) is 12.9. The highest BCUT2D eigenvalue weighted by Crippen LogP contribution is 2.30. The van der Waals surface area contributed by atoms with E-state index in [-0.39, 0.29) is 24.3 Å². The number of carbonyl (C=O) groups is 1. The van der Waals surface area contributed by atoms with Crippen molar-refractivity contribution in [3.63, 3.8) is 0 Å². The van der Waals surface area contributed by atoms with E-state index in [1.54, 1.807) is 6.07 Å². The van der Waals surface area contributed by atoms with E-state index >= 15 is 0 Å². The van der Waals surface area contributed by atoms with Gasteiger partial charge in [0.25, 0.3) is 0 Å². The number of halogens is 1. The number of nitrogens with zero attached hydrogens (tertiary/aromatic N) is 1. The van der Waals surface area contributed by atoms with Gasteiger partial charge in [-0.2, -0.15) is 0 Å². The molecule has 1 unspecified atom stereocenters. The minimum atomic E-state index is -0.814. The molecule has 0 bridgehead atoms. The Labute approximate surface area is 118 Å². The Hall–Kier alpha value is -1.62. The number of hydrogen-bond acceptors (Lipinski definition) is 3. The van der Waals surface area contributed by atoms with Crippen LogP contribution in [0, 0.1) is 5.82 Å². The molecule has 1 aromatic carbocycles. The van der Waals surface area contributed by atoms with E-state index in [9.17, 15) is 14.3 Å². The Balaban J connectivity index is 2.82. The second kappa shape index (κ2) is 7.24. The predicted molar refractivity (Wildman–Crippen MR) is 75.2 cm³/mol. The highest BCUT2D eigenvalue weighted by Gasteiger charge is 2.21. The molecule has 0 aliphatic rings. The summed E-state index contributed by atoms with van der Waals surface area (Å²) < 4.78 is 13.0. The lowest BCUT2D eigenvalue weighted by Crippen LogP contribution is -2.34. The van der Waals surface area contributed by atoms with Gasteiger partial charge >= 0.3 is 5.97 Å². The van der Waals surface area contributed by atoms with E-state index < -0.39 is 11.8 Å². The SMILES string of the molecule is CC(C)N(CCCC(=O)O)C(C)c1ccc(F)cc1O. The molecular weight excluding hydrogens is 261 g/mol. The topological polar surface area (TPSA) is 60.8 Å². The molecule has 1 aromatic rings. The Morgan fingerprint density at radius 1 is 1.35 bits per heavy atom. The van der Waals surface area contributed by atoms with Crippen molar-refractivity contribution >= 4 is 5.97 Å². The lowest BCUT2D eigenvalue weighted by Gasteiger charge is -2.33. The summed E-state index contributed by atoms with van der Waals surface area (Å²) in [4.78, 5) is 12.7. The van der Waals surface area contributed by atoms with Gasteiger partial charge in [0.15, 0.2) is 0 Å². The standard InChI is InChI=1S/C15H22FNO3/c1-10(2)17(8-4-5-15(19)20)11(3)13-7-6-12(16)9-14(13)18/h6-7,9-11,18H,4-5,8H2,1-3H3,(H,19,20). The fourth-order valence-corrected chi connectivity index (χ4v) is 2.36. The van der Waals surface area contributed by atoms with Gasteiger partial charge in [-0.15, -0.1) is 0 Å². The smallest absolute Gasteiger partial charge is 0.303 e. The first-order chi connectivity index (χ1) is 9.32. The molecule has 4 nitrogen and oxygen atoms in total. The summed E-state index contributed by atoms with van der Waals surface area (Å²) in [6.07, 6.45) is 0.658. The minimum absolute atomic E-state index is 0.0682. The van der Waals surface area contributed by atoms with Crippen LogP contribution in [0.25, 0.3) is 0 Å². The second-order valence-corrected chi connectivity index (χ2v) is 5.21. The van der Waals surface area contributed by atoms with Crippen molar-refractivity contribution in [2.75, 3.05) is 6.54 Å². The monoisotopic (exact) mass is 283 g/mol. The van der Waals surface area contributed by atoms with Gasteiger partial charge in [-0.25, -0.2) is 4.39 Å². The van der Waals surface area contributed by atoms with Crippen LogP contribution in [0.15, 0.2) is 18.2 Å². The van der Waals surface area contributed by atoms with Crippen molar-refractivity contribution in [3.8, 4) is 5.75 Å². The van der Waals surface area contributed by atoms with Crippen molar-refractivity contribution in [2.24, 2.45) is 0 Å². The van der Waals surface area contributed by atoms with Crippen molar-refractivity contribution < 1.29 is 19.4 Å². The molecule has 1 atom stereocenters. The average molecular weight is 283 g/mol. The van der Waals surface area contributed by atoms with E-state index in [2.05, 4.69) is 4.90 Å². The van der Waals surface area contributed by atoms with Gasteiger partial charge in [0, 0.05) is 30.1 Å². The summed E-state index contributed by atoms with van der Waals surface area (Å²) in [5, 5.41) is 18.5. The lowest BCUT2D eigenvalue weighted by atomic mass is 10.0. The number of carboxylic acid groups (broad SMARTS) is 1. The van der Waals surface area contributed by atoms with Crippen LogP contribution in [-0.2, 0) is 4.79 Å². The summed E-state index contributed by atoms with van der Waals surface area (Å²) >= 11 is 0. The zero-order chi connectivity index (χ0) is 15.3. The van der Waals surface area contributed by atoms with Crippen molar-refractivity contribution in [1.82, 2.24) is 4.90 Å². The number of hydrogen-bond donors (Lipinski definition) is 2. The maximum atomic E-state index is 13.0. The molecule has 0 fully saturated rings. The van der Waals surface area contributed by atoms with Gasteiger partial charge in [-0.3, -0.25) is 9.69 Å². The highest BCUT2D eigenvalue weighted by molar-refractivity contribution is 5.66. The van der Waals surface area contributed by atoms with Crippen LogP contribution in [0.2, 0.25) is 0 Å². The van der Waals surface area contributed by atoms with Gasteiger partial charge in [-0.05, 0) is 39.8 Å². The van der Waals surface area contributed by atoms with Gasteiger partial charge in [0.1, 0.15) is 11.6 Å². The Morgan fingerprint density at radius 3 is 2.50 bits per heavy atom. The maximum absolute atomic E-state index is 13.0. The second-order valence-electron chi connectivity index (χ2n) is 5.21. The fourth-order valence-electron chi connectivity index (χ4n) is 2.36. The molecule has 0 aliphatic heterocycles. The van der Waals surface area contributed by atoms with E-state index in [1.807, 2.05) is 20.8 Å². The number of aliphatic carboxylic acids is 1. The molecule has 1 rings (SSSR count). The van der Waals surface area contributed by atoms with Crippen molar-refractivity contribution in [3.05, 3.63) is 29.6 Å². The molecule has 0 spiro atoms. The molecule has 0 amide bonds. The first-order valence-corrected chi connectivity index (χ1v) is 6.79. The van der Waals surface area contributed by atoms with Crippen LogP contribution < -0.4 is 0 Å². The minimum Gasteiger partial charge on any atom is -0.508 e. The third kappa shape index (κ3) is 4.49. The first-order valence-electron chi connectivity index (χ1n) is 6.79. The predicted octanol–water partition coefficient (Wildman–Crippen LogP) is 3.17. The van der Waals surface area contributed by atoms with Crippen LogP contribution in [0.1, 0.15) is 45.2 Å². The molecule has 0 aromatic heterocycles. The molecule has 0 aliphatic carbocycles. The number of phenolic OH excluding ortho intramolecular Hbond substituents is 1. The number of carboxylic acids is 1. The Morgan fingerprint density at radius 2 is 2.00 bits per heavy atom. The fraction of sp³-hybridized carbons (Fsp3) is 0.533. The van der Waals surface area contributed by atoms with E-state index in [0.29, 0.717) is 18.5 Å². The summed E-state index contributed by atoms with van der Waals surface area (Å²) in [5.41, 5.74) is 0.649. The van der Waals surface area contributed by atoms with Crippen LogP contribution in [0.5, 0.6) is 5.75 Å². The molecule has 0 saturated heterocycles. The summed E-state index contributed by atoms with van der Waals surface area (Å²) in [7, 11) is 0. The van der Waals surface area contributed by atoms with Gasteiger partial charge in [-0.1, -0.05) is 6.07 Å². The Kier molecular flexibility index (Phi) is 5.95. The Bertz CT molecular complexity index is 462. The third-order valence-corrected chi connectivity index (χ3v) is 3.41. The van der Waals surface area contributed by atoms with Gasteiger partial charge in [0.05, 0.1) is 0 Å². The van der Waals surface area contributed by atoms with Gasteiger partial charge in [0.2, 0.25) is 0 Å². The number of rotatable bonds is 7. The van der Waals surface area contributed by atoms with E-state index in [4.69, 9.17) is 5.11 Å². The molecule has 2 N–H and O–H groups in total. The third-order valence-electron chi connectivity index (χ3n) is 3.41. The lowest BCUT2D eigenvalue weighted by molar-refractivity contribution is -0.137. The quantitative estimate of drug-likeness (QED) is 0.807. The van der Waals surface area contributed by atoms with Crippen LogP contribution in [0.4, 0.5) is 4.39 Å². The summed E-state index contributed by atoms with van der Waals surface area (Å²) in [5.74, 6) is -1.35. The molecule has 0 saturated carbocycles. The van der Waals surface area contributed by atoms with Gasteiger partial charge < -0.3 is 10.2 Å². The van der Waals surface area contributed by atoms with Crippen LogP contribution >= 0.6 is 0 Å². The number of benzene rings is 1. The molecule has 20 heavy (non-hydrogen) atoms. The number of aromatic hydroxyl groups is 1. The van der Waals surface area contributed by atoms with Crippen LogP contribution in [0.3, 0.4) is 0 Å². The molecule has 112 valence electrons. The summed E-state index contributed by atoms with van der Waals surface area (Å²) in [6, 6.07) is 4.08. The molecule has 0 radical (unpaired) electrons. The summed E-state index contributed by atoms with van der Waals surface area (Å²) in [6.45, 7) is 6.56. The molecule has 5 heteroatoms. The maximum Gasteiger partial charge on any atom is 0.303 e. The zero-order valence-electron chi connectivity index (χ0n) is 12.1. The average Bonchev–Trinajstić information content (AvgIpc) is 2.33. The molecule has 0 heterocycles. The number of phenols is 1. The van der Waals surface area contributed by atoms with E-state index in [0.717, 1.165) is 6.07 Å². The highest BCUT2D eigenvalue weighted by atomic mass is 19.1. The van der Waals surface area contributed by atoms with E-state index in [1.165, 1.54) is 6.07 Å². The molecular formula is C15H22FNO3.